The van der Waals surface area contributed by atoms with E-state index in [1.807, 2.05) is 4.68 Å². The lowest BCUT2D eigenvalue weighted by atomic mass is 9.85. The van der Waals surface area contributed by atoms with E-state index in [1.165, 1.54) is 12.8 Å². The first-order valence-electron chi connectivity index (χ1n) is 7.48. The Kier molecular flexibility index (Phi) is 4.39. The van der Waals surface area contributed by atoms with Crippen LogP contribution in [0.25, 0.3) is 0 Å². The molecule has 0 spiro atoms. The van der Waals surface area contributed by atoms with Gasteiger partial charge in [0, 0.05) is 11.6 Å². The molecule has 1 aromatic rings. The quantitative estimate of drug-likeness (QED) is 0.899. The highest BCUT2D eigenvalue weighted by Crippen LogP contribution is 2.44. The van der Waals surface area contributed by atoms with Gasteiger partial charge in [0.05, 0.1) is 25.0 Å². The summed E-state index contributed by atoms with van der Waals surface area (Å²) >= 11 is 0. The molecule has 2 N–H and O–H groups in total. The normalized spacial score (nSPS) is 19.8. The molecule has 5 nitrogen and oxygen atoms in total. The molecule has 0 aliphatic heterocycles. The van der Waals surface area contributed by atoms with Crippen LogP contribution in [-0.4, -0.2) is 41.4 Å². The second kappa shape index (κ2) is 5.74. The highest BCUT2D eigenvalue weighted by molar-refractivity contribution is 5.32. The number of ether oxygens (including phenoxy) is 1. The van der Waals surface area contributed by atoms with E-state index in [4.69, 9.17) is 10.5 Å². The van der Waals surface area contributed by atoms with Crippen molar-refractivity contribution in [3.63, 3.8) is 0 Å². The first-order chi connectivity index (χ1) is 9.44. The zero-order chi connectivity index (χ0) is 14.9. The Hall–Kier alpha value is -1.07. The van der Waals surface area contributed by atoms with Crippen LogP contribution in [0.2, 0.25) is 0 Å². The zero-order valence-electron chi connectivity index (χ0n) is 13.4. The maximum atomic E-state index is 6.71. The number of hydrogen-bond donors (Lipinski definition) is 1. The van der Waals surface area contributed by atoms with E-state index >= 15 is 0 Å². The monoisotopic (exact) mass is 280 g/mol. The molecule has 114 valence electrons. The molecule has 0 radical (unpaired) electrons. The first-order valence-corrected chi connectivity index (χ1v) is 7.48. The molecule has 1 atom stereocenters. The van der Waals surface area contributed by atoms with Crippen LogP contribution in [0.15, 0.2) is 6.20 Å². The average Bonchev–Trinajstić information content (AvgIpc) is 3.05. The fourth-order valence-corrected chi connectivity index (χ4v) is 3.50. The number of rotatable bonds is 5. The second-order valence-electron chi connectivity index (χ2n) is 6.32. The lowest BCUT2D eigenvalue weighted by molar-refractivity contribution is 0.117. The molecule has 1 fully saturated rings. The number of aromatic nitrogens is 2. The SMILES string of the molecule is COc1cnn(C(C)C)c1C(N)C1(N(C)C)CCCC1. The summed E-state index contributed by atoms with van der Waals surface area (Å²) in [5, 5.41) is 4.46. The van der Waals surface area contributed by atoms with Gasteiger partial charge in [-0.1, -0.05) is 12.8 Å². The van der Waals surface area contributed by atoms with Crippen molar-refractivity contribution in [3.8, 4) is 5.75 Å². The number of nitrogens with zero attached hydrogens (tertiary/aromatic N) is 3. The van der Waals surface area contributed by atoms with E-state index < -0.39 is 0 Å². The van der Waals surface area contributed by atoms with Gasteiger partial charge in [0.15, 0.2) is 5.75 Å². The van der Waals surface area contributed by atoms with E-state index in [1.54, 1.807) is 13.3 Å². The standard InChI is InChI=1S/C15H28N4O/c1-11(2)19-13(12(20-5)10-17-19)14(16)15(18(3)4)8-6-7-9-15/h10-11,14H,6-9,16H2,1-5H3. The van der Waals surface area contributed by atoms with E-state index in [0.717, 1.165) is 24.3 Å². The van der Waals surface area contributed by atoms with Crippen LogP contribution in [0.5, 0.6) is 5.75 Å². The van der Waals surface area contributed by atoms with Crippen molar-refractivity contribution in [2.75, 3.05) is 21.2 Å². The Morgan fingerprint density at radius 3 is 2.40 bits per heavy atom. The number of nitrogens with two attached hydrogens (primary N) is 1. The summed E-state index contributed by atoms with van der Waals surface area (Å²) < 4.78 is 7.51. The fourth-order valence-electron chi connectivity index (χ4n) is 3.50. The van der Waals surface area contributed by atoms with Crippen molar-refractivity contribution in [3.05, 3.63) is 11.9 Å². The van der Waals surface area contributed by atoms with Gasteiger partial charge in [0.1, 0.15) is 0 Å². The Morgan fingerprint density at radius 1 is 1.35 bits per heavy atom. The summed E-state index contributed by atoms with van der Waals surface area (Å²) in [6, 6.07) is 0.195. The molecule has 0 aromatic carbocycles. The smallest absolute Gasteiger partial charge is 0.161 e. The van der Waals surface area contributed by atoms with Gasteiger partial charge in [-0.25, -0.2) is 0 Å². The Bertz CT molecular complexity index is 447. The van der Waals surface area contributed by atoms with Crippen LogP contribution < -0.4 is 10.5 Å². The lowest BCUT2D eigenvalue weighted by Crippen LogP contribution is -2.51. The molecule has 0 amide bonds. The Balaban J connectivity index is 2.46. The third-order valence-corrected chi connectivity index (χ3v) is 4.74. The number of hydrogen-bond acceptors (Lipinski definition) is 4. The maximum Gasteiger partial charge on any atom is 0.161 e. The third kappa shape index (κ3) is 2.33. The molecule has 1 aliphatic carbocycles. The highest BCUT2D eigenvalue weighted by Gasteiger charge is 2.44. The largest absolute Gasteiger partial charge is 0.493 e. The molecule has 1 saturated carbocycles. The van der Waals surface area contributed by atoms with Crippen LogP contribution in [-0.2, 0) is 0 Å². The van der Waals surface area contributed by atoms with Crippen LogP contribution >= 0.6 is 0 Å². The Morgan fingerprint density at radius 2 is 1.95 bits per heavy atom. The van der Waals surface area contributed by atoms with Gasteiger partial charge in [0.25, 0.3) is 0 Å². The van der Waals surface area contributed by atoms with Crippen molar-refractivity contribution in [1.82, 2.24) is 14.7 Å². The van der Waals surface area contributed by atoms with Gasteiger partial charge in [0.2, 0.25) is 0 Å². The summed E-state index contributed by atoms with van der Waals surface area (Å²) in [6.07, 6.45) is 6.53. The maximum absolute atomic E-state index is 6.71. The highest BCUT2D eigenvalue weighted by atomic mass is 16.5. The van der Waals surface area contributed by atoms with Crippen LogP contribution in [0, 0.1) is 0 Å². The molecule has 1 heterocycles. The molecule has 2 rings (SSSR count). The molecule has 1 unspecified atom stereocenters. The van der Waals surface area contributed by atoms with Crippen molar-refractivity contribution >= 4 is 0 Å². The van der Waals surface area contributed by atoms with Gasteiger partial charge in [-0.15, -0.1) is 0 Å². The zero-order valence-corrected chi connectivity index (χ0v) is 13.4. The van der Waals surface area contributed by atoms with Gasteiger partial charge in [-0.2, -0.15) is 5.10 Å². The minimum atomic E-state index is -0.0835. The minimum Gasteiger partial charge on any atom is -0.493 e. The summed E-state index contributed by atoms with van der Waals surface area (Å²) in [4.78, 5) is 2.29. The predicted octanol–water partition coefficient (Wildman–Crippen LogP) is 2.35. The summed E-state index contributed by atoms with van der Waals surface area (Å²) in [5.74, 6) is 0.805. The number of methoxy groups -OCH3 is 1. The van der Waals surface area contributed by atoms with E-state index in [-0.39, 0.29) is 17.6 Å². The van der Waals surface area contributed by atoms with Crippen molar-refractivity contribution in [1.29, 1.82) is 0 Å². The minimum absolute atomic E-state index is 0.0138. The van der Waals surface area contributed by atoms with Crippen LogP contribution in [0.4, 0.5) is 0 Å². The molecular formula is C15H28N4O. The molecule has 20 heavy (non-hydrogen) atoms. The van der Waals surface area contributed by atoms with Gasteiger partial charge in [-0.3, -0.25) is 4.68 Å². The lowest BCUT2D eigenvalue weighted by Gasteiger charge is -2.41. The van der Waals surface area contributed by atoms with E-state index in [0.29, 0.717) is 0 Å². The molecule has 1 aliphatic rings. The van der Waals surface area contributed by atoms with E-state index in [9.17, 15) is 0 Å². The third-order valence-electron chi connectivity index (χ3n) is 4.74. The Labute approximate surface area is 122 Å². The first kappa shape index (κ1) is 15.3. The van der Waals surface area contributed by atoms with Crippen LogP contribution in [0.3, 0.4) is 0 Å². The molecule has 1 aromatic heterocycles. The van der Waals surface area contributed by atoms with E-state index in [2.05, 4.69) is 37.9 Å². The molecule has 0 bridgehead atoms. The number of likely N-dealkylation sites (N-methyl/N-ethyl adjacent to an activating group) is 1. The molecule has 0 saturated heterocycles. The topological polar surface area (TPSA) is 56.3 Å². The van der Waals surface area contributed by atoms with Gasteiger partial charge in [-0.05, 0) is 40.8 Å². The van der Waals surface area contributed by atoms with Crippen molar-refractivity contribution in [2.24, 2.45) is 5.73 Å². The summed E-state index contributed by atoms with van der Waals surface area (Å²) in [5.41, 5.74) is 7.75. The average molecular weight is 280 g/mol. The predicted molar refractivity (Wildman–Crippen MR) is 81.0 cm³/mol. The summed E-state index contributed by atoms with van der Waals surface area (Å²) in [7, 11) is 5.95. The van der Waals surface area contributed by atoms with Crippen molar-refractivity contribution in [2.45, 2.75) is 57.2 Å². The van der Waals surface area contributed by atoms with Gasteiger partial charge < -0.3 is 15.4 Å². The summed E-state index contributed by atoms with van der Waals surface area (Å²) in [6.45, 7) is 4.25. The van der Waals surface area contributed by atoms with Crippen molar-refractivity contribution < 1.29 is 4.74 Å². The van der Waals surface area contributed by atoms with Crippen LogP contribution in [0.1, 0.15) is 57.3 Å². The van der Waals surface area contributed by atoms with Gasteiger partial charge >= 0.3 is 0 Å². The molecule has 5 heteroatoms. The second-order valence-corrected chi connectivity index (χ2v) is 6.32. The fraction of sp³-hybridized carbons (Fsp3) is 0.800. The molecular weight excluding hydrogens is 252 g/mol.